The monoisotopic (exact) mass is 457 g/mol. The van der Waals surface area contributed by atoms with E-state index in [0.29, 0.717) is 18.4 Å². The first-order chi connectivity index (χ1) is 16.5. The first kappa shape index (κ1) is 25.8. The first-order valence-electron chi connectivity index (χ1n) is 12.9. The second-order valence-corrected chi connectivity index (χ2v) is 9.95. The van der Waals surface area contributed by atoms with Gasteiger partial charge in [0.1, 0.15) is 0 Å². The van der Waals surface area contributed by atoms with Crippen molar-refractivity contribution >= 4 is 5.97 Å². The fourth-order valence-electron chi connectivity index (χ4n) is 5.38. The van der Waals surface area contributed by atoms with Crippen LogP contribution >= 0.6 is 0 Å². The van der Waals surface area contributed by atoms with Gasteiger partial charge in [-0.05, 0) is 79.0 Å². The number of hydrogen-bond acceptors (Lipinski definition) is 3. The molecule has 3 rings (SSSR count). The number of nitrogens with zero attached hydrogens (tertiary/aromatic N) is 1. The van der Waals surface area contributed by atoms with E-state index in [4.69, 9.17) is 4.74 Å². The molecule has 3 nitrogen and oxygen atoms in total. The van der Waals surface area contributed by atoms with Gasteiger partial charge in [0.25, 0.3) is 0 Å². The summed E-state index contributed by atoms with van der Waals surface area (Å²) in [5, 5.41) is 10.0. The Balaban J connectivity index is 1.59. The third-order valence-corrected chi connectivity index (χ3v) is 7.46. The molecular weight excluding hydrogens is 418 g/mol. The summed E-state index contributed by atoms with van der Waals surface area (Å²) in [6, 6.07) is 20.7. The highest BCUT2D eigenvalue weighted by molar-refractivity contribution is 5.81. The molecule has 0 aliphatic heterocycles. The summed E-state index contributed by atoms with van der Waals surface area (Å²) >= 11 is 0. The summed E-state index contributed by atoms with van der Waals surface area (Å²) in [7, 11) is 0. The molecule has 0 bridgehead atoms. The maximum absolute atomic E-state index is 11.2. The largest absolute Gasteiger partial charge is 0.463 e. The quantitative estimate of drug-likeness (QED) is 0.194. The fraction of sp³-hybridized carbons (Fsp3) is 0.484. The van der Waals surface area contributed by atoms with E-state index in [0.717, 1.165) is 44.9 Å². The Morgan fingerprint density at radius 3 is 2.47 bits per heavy atom. The van der Waals surface area contributed by atoms with Gasteiger partial charge in [0, 0.05) is 6.08 Å². The highest BCUT2D eigenvalue weighted by Gasteiger charge is 2.36. The zero-order valence-electron chi connectivity index (χ0n) is 20.9. The third kappa shape index (κ3) is 6.83. The molecule has 0 amide bonds. The molecule has 3 heteroatoms. The van der Waals surface area contributed by atoms with Gasteiger partial charge in [0.05, 0.1) is 18.1 Å². The zero-order valence-corrected chi connectivity index (χ0v) is 20.9. The van der Waals surface area contributed by atoms with E-state index >= 15 is 0 Å². The van der Waals surface area contributed by atoms with Crippen molar-refractivity contribution in [3.05, 3.63) is 72.3 Å². The van der Waals surface area contributed by atoms with Gasteiger partial charge in [-0.15, -0.1) is 0 Å². The molecule has 2 aromatic rings. The maximum Gasteiger partial charge on any atom is 0.330 e. The van der Waals surface area contributed by atoms with Gasteiger partial charge in [-0.25, -0.2) is 4.79 Å². The second-order valence-electron chi connectivity index (χ2n) is 9.95. The molecule has 1 aliphatic carbocycles. The molecule has 0 N–H and O–H groups in total. The van der Waals surface area contributed by atoms with Crippen LogP contribution < -0.4 is 0 Å². The molecule has 0 heterocycles. The number of carbonyl (C=O) groups excluding carboxylic acids is 1. The van der Waals surface area contributed by atoms with Gasteiger partial charge in [-0.1, -0.05) is 81.8 Å². The van der Waals surface area contributed by atoms with Crippen molar-refractivity contribution in [3.63, 3.8) is 0 Å². The molecular formula is C31H39NO2. The molecule has 0 aromatic heterocycles. The number of unbranched alkanes of at least 4 members (excludes halogenated alkanes) is 1. The van der Waals surface area contributed by atoms with E-state index < -0.39 is 0 Å². The number of carbonyl (C=O) groups is 1. The Morgan fingerprint density at radius 1 is 1.18 bits per heavy atom. The van der Waals surface area contributed by atoms with E-state index in [-0.39, 0.29) is 11.4 Å². The smallest absolute Gasteiger partial charge is 0.330 e. The molecule has 1 aliphatic rings. The van der Waals surface area contributed by atoms with Crippen LogP contribution in [0.1, 0.15) is 94.6 Å². The lowest BCUT2D eigenvalue weighted by Gasteiger charge is -2.36. The van der Waals surface area contributed by atoms with Gasteiger partial charge < -0.3 is 4.74 Å². The van der Waals surface area contributed by atoms with Crippen molar-refractivity contribution < 1.29 is 9.53 Å². The number of hydrogen-bond donors (Lipinski definition) is 0. The summed E-state index contributed by atoms with van der Waals surface area (Å²) in [4.78, 5) is 11.2. The highest BCUT2D eigenvalue weighted by Crippen LogP contribution is 2.46. The van der Waals surface area contributed by atoms with E-state index in [9.17, 15) is 10.1 Å². The predicted molar refractivity (Wildman–Crippen MR) is 139 cm³/mol. The van der Waals surface area contributed by atoms with Crippen LogP contribution in [-0.2, 0) is 9.53 Å². The number of nitriles is 1. The average Bonchev–Trinajstić information content (AvgIpc) is 2.89. The van der Waals surface area contributed by atoms with E-state index in [1.165, 1.54) is 41.2 Å². The van der Waals surface area contributed by atoms with Crippen LogP contribution in [0.25, 0.3) is 11.1 Å². The highest BCUT2D eigenvalue weighted by atomic mass is 16.5. The van der Waals surface area contributed by atoms with Crippen LogP contribution in [0.2, 0.25) is 0 Å². The molecule has 0 saturated heterocycles. The van der Waals surface area contributed by atoms with Gasteiger partial charge in [0.2, 0.25) is 0 Å². The van der Waals surface area contributed by atoms with Gasteiger partial charge in [0.15, 0.2) is 0 Å². The molecule has 180 valence electrons. The predicted octanol–water partition coefficient (Wildman–Crippen LogP) is 8.32. The molecule has 1 fully saturated rings. The van der Waals surface area contributed by atoms with Crippen LogP contribution in [0.4, 0.5) is 0 Å². The molecule has 3 unspecified atom stereocenters. The summed E-state index contributed by atoms with van der Waals surface area (Å²) in [6.07, 6.45) is 10.3. The number of ether oxygens (including phenoxy) is 1. The maximum atomic E-state index is 11.2. The topological polar surface area (TPSA) is 50.1 Å². The van der Waals surface area contributed by atoms with Gasteiger partial charge in [-0.3, -0.25) is 0 Å². The summed E-state index contributed by atoms with van der Waals surface area (Å²) in [5.74, 6) is 0.659. The van der Waals surface area contributed by atoms with Crippen molar-refractivity contribution in [1.82, 2.24) is 0 Å². The minimum absolute atomic E-state index is 0.269. The second kappa shape index (κ2) is 12.6. The zero-order chi connectivity index (χ0) is 24.4. The fourth-order valence-corrected chi connectivity index (χ4v) is 5.38. The molecule has 0 spiro atoms. The molecule has 0 radical (unpaired) electrons. The Labute approximate surface area is 205 Å². The van der Waals surface area contributed by atoms with E-state index in [1.807, 2.05) is 0 Å². The number of rotatable bonds is 11. The SMILES string of the molecule is C=CC(=O)OCCCCC1(C#N)CCCC(c2ccc(-c3ccc(C(C)CCC)cc3)cc2)C1. The Morgan fingerprint density at radius 2 is 1.85 bits per heavy atom. The normalized spacial score (nSPS) is 20.8. The molecule has 34 heavy (non-hydrogen) atoms. The standard InChI is InChI=1S/C31H39NO2/c1-4-9-24(3)25-11-13-26(14-12-25)27-15-17-28(18-16-27)29-10-8-20-31(22-29,23-32)19-6-7-21-34-30(33)5-2/h5,11-18,24,29H,2,4,6-10,19-22H2,1,3H3. The lowest BCUT2D eigenvalue weighted by atomic mass is 9.66. The first-order valence-corrected chi connectivity index (χ1v) is 12.9. The molecule has 1 saturated carbocycles. The van der Waals surface area contributed by atoms with Crippen molar-refractivity contribution in [3.8, 4) is 17.2 Å². The van der Waals surface area contributed by atoms with Crippen molar-refractivity contribution in [2.24, 2.45) is 5.41 Å². The average molecular weight is 458 g/mol. The third-order valence-electron chi connectivity index (χ3n) is 7.46. The summed E-state index contributed by atoms with van der Waals surface area (Å²) < 4.78 is 5.07. The van der Waals surface area contributed by atoms with Gasteiger partial charge >= 0.3 is 5.97 Å². The minimum atomic E-state index is -0.377. The van der Waals surface area contributed by atoms with E-state index in [1.54, 1.807) is 0 Å². The lowest BCUT2D eigenvalue weighted by molar-refractivity contribution is -0.137. The van der Waals surface area contributed by atoms with Crippen LogP contribution in [0.3, 0.4) is 0 Å². The number of esters is 1. The number of benzene rings is 2. The Kier molecular flexibility index (Phi) is 9.52. The summed E-state index contributed by atoms with van der Waals surface area (Å²) in [5.41, 5.74) is 4.99. The van der Waals surface area contributed by atoms with Crippen LogP contribution in [0.15, 0.2) is 61.2 Å². The van der Waals surface area contributed by atoms with Crippen LogP contribution in [-0.4, -0.2) is 12.6 Å². The molecule has 3 atom stereocenters. The van der Waals surface area contributed by atoms with Crippen LogP contribution in [0, 0.1) is 16.7 Å². The van der Waals surface area contributed by atoms with Gasteiger partial charge in [-0.2, -0.15) is 5.26 Å². The van der Waals surface area contributed by atoms with Crippen LogP contribution in [0.5, 0.6) is 0 Å². The Bertz CT molecular complexity index is 970. The lowest BCUT2D eigenvalue weighted by Crippen LogP contribution is -2.26. The Hall–Kier alpha value is -2.86. The minimum Gasteiger partial charge on any atom is -0.463 e. The van der Waals surface area contributed by atoms with Crippen molar-refractivity contribution in [2.75, 3.05) is 6.61 Å². The van der Waals surface area contributed by atoms with Crippen molar-refractivity contribution in [2.45, 2.75) is 83.5 Å². The molecule has 2 aromatic carbocycles. The van der Waals surface area contributed by atoms with E-state index in [2.05, 4.69) is 75.0 Å². The summed E-state index contributed by atoms with van der Waals surface area (Å²) in [6.45, 7) is 8.35. The van der Waals surface area contributed by atoms with Crippen molar-refractivity contribution in [1.29, 1.82) is 5.26 Å².